The first-order valence-electron chi connectivity index (χ1n) is 13.9. The van der Waals surface area contributed by atoms with Crippen molar-refractivity contribution in [2.24, 2.45) is 0 Å². The van der Waals surface area contributed by atoms with Crippen LogP contribution in [0.5, 0.6) is 5.75 Å². The van der Waals surface area contributed by atoms with E-state index in [2.05, 4.69) is 17.1 Å². The summed E-state index contributed by atoms with van der Waals surface area (Å²) in [6.45, 7) is 9.62. The highest BCUT2D eigenvalue weighted by Gasteiger charge is 2.21. The molecule has 1 saturated heterocycles. The van der Waals surface area contributed by atoms with E-state index < -0.39 is 18.0 Å². The maximum absolute atomic E-state index is 12.7. The molecular weight excluding hydrogens is 508 g/mol. The summed E-state index contributed by atoms with van der Waals surface area (Å²) >= 11 is 0. The van der Waals surface area contributed by atoms with E-state index in [0.29, 0.717) is 51.0 Å². The lowest BCUT2D eigenvalue weighted by molar-refractivity contribution is -0.159. The van der Waals surface area contributed by atoms with Gasteiger partial charge in [-0.25, -0.2) is 14.4 Å². The molecule has 1 atom stereocenters. The fraction of sp³-hybridized carbons (Fsp3) is 0.679. The Morgan fingerprint density at radius 2 is 1.56 bits per heavy atom. The van der Waals surface area contributed by atoms with Gasteiger partial charge in [-0.3, -0.25) is 10.2 Å². The van der Waals surface area contributed by atoms with Crippen LogP contribution in [0.1, 0.15) is 65.2 Å². The highest BCUT2D eigenvalue weighted by molar-refractivity contribution is 6.27. The number of likely N-dealkylation sites (tertiary alicyclic amines) is 1. The van der Waals surface area contributed by atoms with Crippen LogP contribution < -0.4 is 10.1 Å². The van der Waals surface area contributed by atoms with E-state index in [1.807, 2.05) is 31.2 Å². The molecule has 1 aromatic carbocycles. The van der Waals surface area contributed by atoms with Crippen LogP contribution in [0.3, 0.4) is 0 Å². The van der Waals surface area contributed by atoms with Crippen molar-refractivity contribution in [3.63, 3.8) is 0 Å². The first-order chi connectivity index (χ1) is 18.9. The molecule has 0 saturated carbocycles. The van der Waals surface area contributed by atoms with Gasteiger partial charge in [0.05, 0.1) is 32.1 Å². The van der Waals surface area contributed by atoms with E-state index >= 15 is 0 Å². The monoisotopic (exact) mass is 554 g/mol. The molecule has 3 N–H and O–H groups in total. The fourth-order valence-corrected chi connectivity index (χ4v) is 3.91. The van der Waals surface area contributed by atoms with Crippen LogP contribution in [0.4, 0.5) is 10.5 Å². The molecule has 11 heteroatoms. The number of piperidine rings is 1. The molecule has 0 spiro atoms. The van der Waals surface area contributed by atoms with E-state index in [4.69, 9.17) is 38.7 Å². The summed E-state index contributed by atoms with van der Waals surface area (Å²) in [5.41, 5.74) is 0.630. The molecule has 1 aliphatic rings. The molecule has 1 heterocycles. The Bertz CT molecular complexity index is 804. The number of benzene rings is 1. The zero-order valence-corrected chi connectivity index (χ0v) is 23.4. The van der Waals surface area contributed by atoms with Gasteiger partial charge in [0.2, 0.25) is 0 Å². The Balaban J connectivity index is 0.00000113. The number of nitrogens with zero attached hydrogens (tertiary/aromatic N) is 1. The number of rotatable bonds is 17. The summed E-state index contributed by atoms with van der Waals surface area (Å²) in [5, 5.41) is 17.6. The fourth-order valence-electron chi connectivity index (χ4n) is 3.91. The molecule has 222 valence electrons. The molecule has 1 fully saturated rings. The van der Waals surface area contributed by atoms with E-state index in [9.17, 15) is 4.79 Å². The zero-order valence-electron chi connectivity index (χ0n) is 23.4. The first-order valence-corrected chi connectivity index (χ1v) is 13.9. The Kier molecular flexibility index (Phi) is 19.2. The molecule has 1 unspecified atom stereocenters. The summed E-state index contributed by atoms with van der Waals surface area (Å²) in [4.78, 5) is 33.3. The van der Waals surface area contributed by atoms with Crippen LogP contribution in [0.2, 0.25) is 0 Å². The van der Waals surface area contributed by atoms with E-state index in [-0.39, 0.29) is 6.10 Å². The number of unbranched alkanes of at least 4 members (excludes halogenated alkanes) is 4. The molecule has 39 heavy (non-hydrogen) atoms. The molecule has 2 rings (SSSR count). The van der Waals surface area contributed by atoms with E-state index in [1.54, 1.807) is 0 Å². The van der Waals surface area contributed by atoms with Gasteiger partial charge in [0.25, 0.3) is 0 Å². The van der Waals surface area contributed by atoms with Crippen molar-refractivity contribution in [2.45, 2.75) is 71.3 Å². The normalized spacial score (nSPS) is 14.0. The number of para-hydroxylation sites is 2. The van der Waals surface area contributed by atoms with Crippen molar-refractivity contribution in [1.82, 2.24) is 4.90 Å². The summed E-state index contributed by atoms with van der Waals surface area (Å²) in [6.07, 6.45) is 8.72. The number of nitrogens with one attached hydrogen (secondary N) is 1. The summed E-state index contributed by atoms with van der Waals surface area (Å²) in [6, 6.07) is 7.51. The van der Waals surface area contributed by atoms with Gasteiger partial charge in [0.1, 0.15) is 11.9 Å². The van der Waals surface area contributed by atoms with Crippen molar-refractivity contribution < 1.29 is 43.5 Å². The average Bonchev–Trinajstić information content (AvgIpc) is 2.92. The zero-order chi connectivity index (χ0) is 28.7. The maximum atomic E-state index is 12.7. The number of carbonyl (C=O) groups excluding carboxylic acids is 1. The lowest BCUT2D eigenvalue weighted by Gasteiger charge is -2.30. The Morgan fingerprint density at radius 3 is 2.23 bits per heavy atom. The van der Waals surface area contributed by atoms with Crippen molar-refractivity contribution in [2.75, 3.05) is 58.0 Å². The van der Waals surface area contributed by atoms with Crippen molar-refractivity contribution in [1.29, 1.82) is 0 Å². The molecule has 1 aromatic rings. The number of hydrogen-bond acceptors (Lipinski definition) is 8. The van der Waals surface area contributed by atoms with Crippen molar-refractivity contribution in [3.8, 4) is 5.75 Å². The summed E-state index contributed by atoms with van der Waals surface area (Å²) in [7, 11) is 0. The molecule has 0 bridgehead atoms. The number of anilines is 1. The van der Waals surface area contributed by atoms with Crippen molar-refractivity contribution >= 4 is 23.7 Å². The molecule has 1 aliphatic heterocycles. The second kappa shape index (κ2) is 22.0. The van der Waals surface area contributed by atoms with E-state index in [0.717, 1.165) is 25.9 Å². The van der Waals surface area contributed by atoms with Crippen LogP contribution >= 0.6 is 0 Å². The minimum absolute atomic E-state index is 0.337. The molecule has 0 aromatic heterocycles. The van der Waals surface area contributed by atoms with Gasteiger partial charge < -0.3 is 29.2 Å². The molecule has 11 nitrogen and oxygen atoms in total. The standard InChI is InChI=1S/C26H44N2O5.C2H2O4/c1-3-5-6-7-13-18-32-25-15-10-9-14-24(25)27-26(29)33-23(22-31-20-19-30-4-2)21-28-16-11-8-12-17-28;3-1(4)2(5)6/h9-10,14-15,23H,3-8,11-13,16-22H2,1-2H3,(H,27,29);(H,3,4)(H,5,6). The Labute approximate surface area is 231 Å². The quantitative estimate of drug-likeness (QED) is 0.184. The Hall–Kier alpha value is -2.89. The predicted molar refractivity (Wildman–Crippen MR) is 147 cm³/mol. The number of carbonyl (C=O) groups is 3. The third kappa shape index (κ3) is 17.3. The smallest absolute Gasteiger partial charge is 0.414 e. The molecule has 0 aliphatic carbocycles. The third-order valence-electron chi connectivity index (χ3n) is 5.88. The molecule has 0 radical (unpaired) electrons. The lowest BCUT2D eigenvalue weighted by Crippen LogP contribution is -2.41. The van der Waals surface area contributed by atoms with Gasteiger partial charge in [-0.05, 0) is 51.4 Å². The van der Waals surface area contributed by atoms with Crippen molar-refractivity contribution in [3.05, 3.63) is 24.3 Å². The number of carboxylic acids is 2. The number of hydrogen-bond donors (Lipinski definition) is 3. The van der Waals surface area contributed by atoms with Crippen LogP contribution in [0, 0.1) is 0 Å². The average molecular weight is 555 g/mol. The second-order valence-corrected chi connectivity index (χ2v) is 9.15. The van der Waals surface area contributed by atoms with Gasteiger partial charge in [-0.2, -0.15) is 0 Å². The molecule has 1 amide bonds. The lowest BCUT2D eigenvalue weighted by atomic mass is 10.1. The Morgan fingerprint density at radius 1 is 0.897 bits per heavy atom. The largest absolute Gasteiger partial charge is 0.491 e. The van der Waals surface area contributed by atoms with E-state index in [1.165, 1.54) is 38.5 Å². The van der Waals surface area contributed by atoms with Crippen LogP contribution in [-0.2, 0) is 23.8 Å². The molecular formula is C28H46N2O9. The topological polar surface area (TPSA) is 144 Å². The first kappa shape index (κ1) is 34.1. The van der Waals surface area contributed by atoms with Gasteiger partial charge in [0.15, 0.2) is 0 Å². The second-order valence-electron chi connectivity index (χ2n) is 9.15. The third-order valence-corrected chi connectivity index (χ3v) is 5.88. The van der Waals surface area contributed by atoms with Crippen LogP contribution in [0.25, 0.3) is 0 Å². The maximum Gasteiger partial charge on any atom is 0.414 e. The minimum atomic E-state index is -1.82. The number of ether oxygens (including phenoxy) is 4. The minimum Gasteiger partial charge on any atom is -0.491 e. The van der Waals surface area contributed by atoms with Gasteiger partial charge >= 0.3 is 18.0 Å². The number of aliphatic carboxylic acids is 2. The number of carboxylic acid groups (broad SMARTS) is 2. The SMILES string of the molecule is CCCCCCCOc1ccccc1NC(=O)OC(COCCOCC)CN1CCCCC1.O=C(O)C(=O)O. The summed E-state index contributed by atoms with van der Waals surface area (Å²) < 4.78 is 22.8. The van der Waals surface area contributed by atoms with Crippen LogP contribution in [-0.4, -0.2) is 91.9 Å². The number of amides is 1. The van der Waals surface area contributed by atoms with Gasteiger partial charge in [-0.1, -0.05) is 51.2 Å². The van der Waals surface area contributed by atoms with Gasteiger partial charge in [-0.15, -0.1) is 0 Å². The van der Waals surface area contributed by atoms with Gasteiger partial charge in [0, 0.05) is 13.2 Å². The highest BCUT2D eigenvalue weighted by Crippen LogP contribution is 2.24. The highest BCUT2D eigenvalue weighted by atomic mass is 16.6. The van der Waals surface area contributed by atoms with Crippen LogP contribution in [0.15, 0.2) is 24.3 Å². The summed E-state index contributed by atoms with van der Waals surface area (Å²) in [5.74, 6) is -2.98. The predicted octanol–water partition coefficient (Wildman–Crippen LogP) is 4.65.